The van der Waals surface area contributed by atoms with Crippen LogP contribution in [0, 0.1) is 0 Å². The second kappa shape index (κ2) is 27.7. The Labute approximate surface area is 447 Å². The summed E-state index contributed by atoms with van der Waals surface area (Å²) in [5, 5.41) is 99.0. The van der Waals surface area contributed by atoms with Gasteiger partial charge in [0.25, 0.3) is 0 Å². The average molecular weight is 1270 g/mol. The van der Waals surface area contributed by atoms with Gasteiger partial charge in [-0.15, -0.1) is 4.33 Å². The molecule has 5 saturated heterocycles. The molecule has 5 aliphatic rings. The van der Waals surface area contributed by atoms with Gasteiger partial charge in [-0.2, -0.15) is 33.7 Å². The molecule has 0 aromatic carbocycles. The van der Waals surface area contributed by atoms with Gasteiger partial charge in [0.05, 0.1) is 37.9 Å². The van der Waals surface area contributed by atoms with Crippen molar-refractivity contribution < 1.29 is 185 Å². The van der Waals surface area contributed by atoms with Crippen LogP contribution in [0.25, 0.3) is 0 Å². The van der Waals surface area contributed by atoms with Gasteiger partial charge in [0.15, 0.2) is 62.1 Å². The quantitative estimate of drug-likeness (QED) is 0.0126. The number of hydrogen-bond donors (Lipinski definition) is 16. The molecule has 0 spiro atoms. The van der Waals surface area contributed by atoms with Gasteiger partial charge in [-0.25, -0.2) is 31.6 Å². The zero-order valence-electron chi connectivity index (χ0n) is 39.2. The molecule has 10 unspecified atom stereocenters. The Morgan fingerprint density at radius 3 is 1.39 bits per heavy atom. The molecule has 25 atom stereocenters. The topological polar surface area (TPSA) is 669 Å². The summed E-state index contributed by atoms with van der Waals surface area (Å²) >= 11 is -0.370. The molecule has 48 heteroatoms. The molecule has 462 valence electrons. The van der Waals surface area contributed by atoms with E-state index >= 15 is 0 Å². The minimum Gasteiger partial charge on any atom is -0.479 e. The largest absolute Gasteiger partial charge is 0.479 e. The van der Waals surface area contributed by atoms with Gasteiger partial charge in [-0.3, -0.25) is 22.4 Å². The number of aliphatic carboxylic acids is 2. The van der Waals surface area contributed by atoms with E-state index in [1.54, 1.807) is 0 Å². The smallest absolute Gasteiger partial charge is 0.397 e. The molecule has 0 bridgehead atoms. The first-order valence-electron chi connectivity index (χ1n) is 21.5. The monoisotopic (exact) mass is 1270 g/mol. The van der Waals surface area contributed by atoms with Crippen molar-refractivity contribution in [3.63, 3.8) is 0 Å². The van der Waals surface area contributed by atoms with Gasteiger partial charge in [-0.1, -0.05) is 5.04 Å². The summed E-state index contributed by atoms with van der Waals surface area (Å²) in [6.07, 6.45) is -51.4. The molecule has 0 aliphatic carbocycles. The molecule has 19 N–H and O–H groups in total. The van der Waals surface area contributed by atoms with Crippen molar-refractivity contribution in [3.8, 4) is 0 Å². The number of carboxylic acid groups (broad SMARTS) is 2. The van der Waals surface area contributed by atoms with Crippen molar-refractivity contribution in [2.45, 2.75) is 153 Å². The molecular formula is C31H53N3O40S5. The summed E-state index contributed by atoms with van der Waals surface area (Å²) < 4.78 is 212. The summed E-state index contributed by atoms with van der Waals surface area (Å²) in [7, 11) is -20.9. The van der Waals surface area contributed by atoms with Crippen molar-refractivity contribution in [3.05, 3.63) is 0 Å². The van der Waals surface area contributed by atoms with Crippen LogP contribution in [0.3, 0.4) is 0 Å². The molecule has 5 heterocycles. The number of carboxylic acids is 2. The number of methoxy groups -OCH3 is 1. The maximum atomic E-state index is 12.8. The fourth-order valence-electron chi connectivity index (χ4n) is 8.12. The van der Waals surface area contributed by atoms with E-state index in [4.69, 9.17) is 78.6 Å². The van der Waals surface area contributed by atoms with Crippen molar-refractivity contribution in [1.29, 1.82) is 0 Å². The standard InChI is InChI=1S/C31H53N3O40S5/c1-58-27-9(33)13(37)17(6(63-27)3-60-77(49,50)51)65-31-22(72-79(55,56)57)16(40)21(24(70-31)26(43)44)68-29-10(34)19(71-75-74-73-45)18(7(64-29)4-61-78(52,53)54)66-30-15(39)14(38)20(23(69-30)25(41)42)67-28-8(32)12(36)11(35)5(62-28)2-59-76(46,47)48/h5-24,27-31,35-40,45H,2-4,32-34H2,1H3,(H,41,42)(H,43,44)(H,46,47,48)(H,49,50,51)(H,52,53,54)(H,55,56,57)/t5?,6?,7?,8?,9?,10?,11-,12-,13-,14-,15?,16-,17-,18-,19+,20+,21-,22?,23?,24?,27+,28-,29+,30-,31-/m1/s1. The lowest BCUT2D eigenvalue weighted by atomic mass is 9.94. The number of hydrogen-bond acceptors (Lipinski definition) is 38. The summed E-state index contributed by atoms with van der Waals surface area (Å²) in [6.45, 7) is -3.99. The number of rotatable bonds is 26. The number of nitrogens with two attached hydrogens (primary N) is 3. The SMILES string of the molecule is CO[C@H]1OC(COS(=O)(=O)O)[C@@H](O[C@@H]2OC(C(=O)O)[C@H](O[C@@H]3OC(COS(=O)(=O)O)[C@@H](O[C@@H]4OC(C(=O)O)[C@@H](O[C@H]5OC(COS(=O)(=O)O)[C@@H](O)[C@H](O)C5N)[C@H](O)C4O)[C@@H](OSOOO)C3N)[C@@H](O)C2OS(=O)(=O)O)[C@H](O)C1N. The molecular weight excluding hydrogens is 1210 g/mol. The second-order valence-electron chi connectivity index (χ2n) is 16.9. The van der Waals surface area contributed by atoms with Gasteiger partial charge < -0.3 is 105 Å². The molecule has 0 aromatic rings. The molecule has 0 radical (unpaired) electrons. The third-order valence-electron chi connectivity index (χ3n) is 11.7. The van der Waals surface area contributed by atoms with E-state index in [9.17, 15) is 97.8 Å². The van der Waals surface area contributed by atoms with Crippen LogP contribution in [0.15, 0.2) is 0 Å². The van der Waals surface area contributed by atoms with Gasteiger partial charge in [0, 0.05) is 7.11 Å². The molecule has 0 saturated carbocycles. The van der Waals surface area contributed by atoms with E-state index in [2.05, 4.69) is 26.1 Å². The number of ether oxygens (including phenoxy) is 10. The summed E-state index contributed by atoms with van der Waals surface area (Å²) in [4.78, 5) is 25.5. The lowest BCUT2D eigenvalue weighted by molar-refractivity contribution is -0.435. The predicted octanol–water partition coefficient (Wildman–Crippen LogP) is -10.9. The number of aliphatic hydroxyl groups excluding tert-OH is 6. The minimum atomic E-state index is -5.83. The Hall–Kier alpha value is -2.15. The van der Waals surface area contributed by atoms with Crippen LogP contribution < -0.4 is 17.2 Å². The fraction of sp³-hybridized carbons (Fsp3) is 0.935. The molecule has 0 amide bonds. The number of carbonyl (C=O) groups is 2. The predicted molar refractivity (Wildman–Crippen MR) is 231 cm³/mol. The van der Waals surface area contributed by atoms with Gasteiger partial charge >= 0.3 is 53.5 Å². The van der Waals surface area contributed by atoms with Crippen LogP contribution in [0.4, 0.5) is 0 Å². The highest BCUT2D eigenvalue weighted by molar-refractivity contribution is 7.89. The summed E-state index contributed by atoms with van der Waals surface area (Å²) in [5.74, 6) is -4.22. The lowest BCUT2D eigenvalue weighted by Crippen LogP contribution is -2.70. The lowest BCUT2D eigenvalue weighted by Gasteiger charge is -2.50. The Bertz CT molecular complexity index is 2490. The second-order valence-corrected chi connectivity index (χ2v) is 21.7. The Morgan fingerprint density at radius 2 is 0.899 bits per heavy atom. The average Bonchev–Trinajstić information content (AvgIpc) is 3.48. The maximum absolute atomic E-state index is 12.8. The Balaban J connectivity index is 1.46. The number of aliphatic hydroxyl groups is 6. The van der Waals surface area contributed by atoms with Gasteiger partial charge in [-0.05, 0) is 0 Å². The molecule has 43 nitrogen and oxygen atoms in total. The Kier molecular flexibility index (Phi) is 23.7. The third-order valence-corrected chi connectivity index (χ3v) is 13.9. The normalized spacial score (nSPS) is 41.9. The van der Waals surface area contributed by atoms with Crippen molar-refractivity contribution >= 4 is 65.9 Å². The first-order chi connectivity index (χ1) is 36.5. The third kappa shape index (κ3) is 17.9. The van der Waals surface area contributed by atoms with Crippen molar-refractivity contribution in [2.24, 2.45) is 17.2 Å². The van der Waals surface area contributed by atoms with Crippen LogP contribution >= 0.6 is 12.3 Å². The van der Waals surface area contributed by atoms with E-state index in [0.717, 1.165) is 7.11 Å². The van der Waals surface area contributed by atoms with E-state index in [1.165, 1.54) is 0 Å². The first-order valence-corrected chi connectivity index (χ1v) is 27.6. The van der Waals surface area contributed by atoms with Crippen LogP contribution in [-0.2, 0) is 129 Å². The highest BCUT2D eigenvalue weighted by Crippen LogP contribution is 2.38. The first kappa shape index (κ1) is 67.6. The maximum Gasteiger partial charge on any atom is 0.397 e. The Morgan fingerprint density at radius 1 is 0.468 bits per heavy atom. The van der Waals surface area contributed by atoms with Gasteiger partial charge in [0.1, 0.15) is 85.5 Å². The van der Waals surface area contributed by atoms with Crippen LogP contribution in [0.1, 0.15) is 0 Å². The molecule has 79 heavy (non-hydrogen) atoms. The van der Waals surface area contributed by atoms with E-state index in [-0.39, 0.29) is 12.3 Å². The molecule has 5 rings (SSSR count). The highest BCUT2D eigenvalue weighted by Gasteiger charge is 2.59. The van der Waals surface area contributed by atoms with Crippen LogP contribution in [0.2, 0.25) is 0 Å². The van der Waals surface area contributed by atoms with Gasteiger partial charge in [0.2, 0.25) is 0 Å². The van der Waals surface area contributed by atoms with Crippen molar-refractivity contribution in [2.75, 3.05) is 26.9 Å². The van der Waals surface area contributed by atoms with E-state index in [0.29, 0.717) is 0 Å². The molecule has 5 aliphatic heterocycles. The summed E-state index contributed by atoms with van der Waals surface area (Å²) in [6, 6.07) is -5.69. The zero-order chi connectivity index (χ0) is 59.4. The fourth-order valence-corrected chi connectivity index (χ4v) is 9.91. The molecule has 0 aromatic heterocycles. The summed E-state index contributed by atoms with van der Waals surface area (Å²) in [5.41, 5.74) is 18.2. The molecule has 5 fully saturated rings. The van der Waals surface area contributed by atoms with Crippen LogP contribution in [0.5, 0.6) is 0 Å². The van der Waals surface area contributed by atoms with E-state index < -0.39 is 227 Å². The highest BCUT2D eigenvalue weighted by atomic mass is 32.3. The zero-order valence-corrected chi connectivity index (χ0v) is 43.2. The van der Waals surface area contributed by atoms with E-state index in [1.807, 2.05) is 0 Å². The van der Waals surface area contributed by atoms with Crippen LogP contribution in [-0.4, -0.2) is 290 Å². The van der Waals surface area contributed by atoms with Crippen molar-refractivity contribution in [1.82, 2.24) is 0 Å². The minimum absolute atomic E-state index is 0.370.